The van der Waals surface area contributed by atoms with E-state index in [2.05, 4.69) is 17.1 Å². The number of benzene rings is 1. The Kier molecular flexibility index (Phi) is 3.42. The lowest BCUT2D eigenvalue weighted by Gasteiger charge is -2.26. The summed E-state index contributed by atoms with van der Waals surface area (Å²) in [5, 5.41) is 9.41. The van der Waals surface area contributed by atoms with Crippen LogP contribution in [0.25, 0.3) is 11.3 Å². The average Bonchev–Trinajstić information content (AvgIpc) is 2.38. The Balaban J connectivity index is 2.37. The van der Waals surface area contributed by atoms with E-state index >= 15 is 0 Å². The molecule has 0 radical (unpaired) electrons. The molecule has 1 aliphatic rings. The number of pyridine rings is 1. The predicted molar refractivity (Wildman–Crippen MR) is 83.5 cm³/mol. The van der Waals surface area contributed by atoms with Gasteiger partial charge in [0.15, 0.2) is 0 Å². The molecule has 5 heteroatoms. The van der Waals surface area contributed by atoms with E-state index in [4.69, 9.17) is 23.2 Å². The third-order valence-corrected chi connectivity index (χ3v) is 4.55. The first-order valence-corrected chi connectivity index (χ1v) is 7.37. The van der Waals surface area contributed by atoms with Crippen LogP contribution in [-0.2, 0) is 6.42 Å². The smallest absolute Gasteiger partial charge is 0.340 e. The first kappa shape index (κ1) is 14.4. The molecule has 3 nitrogen and oxygen atoms in total. The quantitative estimate of drug-likeness (QED) is 0.773. The highest BCUT2D eigenvalue weighted by atomic mass is 35.5. The van der Waals surface area contributed by atoms with Gasteiger partial charge in [-0.15, -0.1) is 0 Å². The summed E-state index contributed by atoms with van der Waals surface area (Å²) in [4.78, 5) is 15.7. The molecule has 21 heavy (non-hydrogen) atoms. The van der Waals surface area contributed by atoms with Crippen molar-refractivity contribution in [3.05, 3.63) is 50.6 Å². The molecule has 1 aliphatic carbocycles. The van der Waals surface area contributed by atoms with Crippen LogP contribution >= 0.6 is 23.2 Å². The van der Waals surface area contributed by atoms with Crippen LogP contribution in [0.3, 0.4) is 0 Å². The van der Waals surface area contributed by atoms with Crippen molar-refractivity contribution in [3.8, 4) is 11.3 Å². The van der Waals surface area contributed by atoms with Crippen molar-refractivity contribution in [2.45, 2.75) is 26.2 Å². The van der Waals surface area contributed by atoms with E-state index in [1.54, 1.807) is 0 Å². The number of carboxylic acids is 1. The number of carboxylic acid groups (broad SMARTS) is 1. The second kappa shape index (κ2) is 5.00. The van der Waals surface area contributed by atoms with Crippen LogP contribution in [0.4, 0.5) is 0 Å². The third kappa shape index (κ3) is 2.21. The zero-order chi connectivity index (χ0) is 15.3. The molecule has 1 unspecified atom stereocenters. The van der Waals surface area contributed by atoms with E-state index in [1.807, 2.05) is 19.9 Å². The van der Waals surface area contributed by atoms with Crippen LogP contribution in [0.1, 0.15) is 39.9 Å². The second-order valence-electron chi connectivity index (χ2n) is 5.42. The summed E-state index contributed by atoms with van der Waals surface area (Å²) in [5.74, 6) is -1.05. The molecule has 108 valence electrons. The number of hydrogen-bond acceptors (Lipinski definition) is 2. The van der Waals surface area contributed by atoms with Crippen molar-refractivity contribution in [2.75, 3.05) is 0 Å². The largest absolute Gasteiger partial charge is 0.478 e. The minimum atomic E-state index is -1.15. The van der Waals surface area contributed by atoms with Crippen molar-refractivity contribution >= 4 is 29.2 Å². The van der Waals surface area contributed by atoms with Crippen LogP contribution in [-0.4, -0.2) is 16.1 Å². The molecule has 1 heterocycles. The number of carbonyl (C=O) groups is 1. The zero-order valence-corrected chi connectivity index (χ0v) is 13.1. The maximum absolute atomic E-state index is 11.3. The van der Waals surface area contributed by atoms with Crippen LogP contribution in [0.15, 0.2) is 18.2 Å². The summed E-state index contributed by atoms with van der Waals surface area (Å²) in [7, 11) is 0. The molecule has 1 atom stereocenters. The Morgan fingerprint density at radius 1 is 1.38 bits per heavy atom. The number of aromatic carboxylic acids is 1. The van der Waals surface area contributed by atoms with Gasteiger partial charge >= 0.3 is 5.97 Å². The minimum Gasteiger partial charge on any atom is -0.478 e. The van der Waals surface area contributed by atoms with E-state index in [0.29, 0.717) is 5.69 Å². The van der Waals surface area contributed by atoms with Crippen molar-refractivity contribution < 1.29 is 9.90 Å². The summed E-state index contributed by atoms with van der Waals surface area (Å²) < 4.78 is 0. The first-order valence-electron chi connectivity index (χ1n) is 6.62. The van der Waals surface area contributed by atoms with Gasteiger partial charge in [-0.3, -0.25) is 0 Å². The van der Waals surface area contributed by atoms with Crippen LogP contribution in [0, 0.1) is 6.92 Å². The Morgan fingerprint density at radius 3 is 2.76 bits per heavy atom. The van der Waals surface area contributed by atoms with E-state index in [9.17, 15) is 9.90 Å². The van der Waals surface area contributed by atoms with Gasteiger partial charge in [0.2, 0.25) is 0 Å². The number of aromatic nitrogens is 1. The van der Waals surface area contributed by atoms with Crippen LogP contribution in [0.5, 0.6) is 0 Å². The lowest BCUT2D eigenvalue weighted by molar-refractivity contribution is 0.0696. The van der Waals surface area contributed by atoms with Crippen molar-refractivity contribution in [3.63, 3.8) is 0 Å². The SMILES string of the molecule is Cc1ccc2c(c1)-c1nc(Cl)c(C(=O)O)c(Cl)c1C(C)C2. The van der Waals surface area contributed by atoms with E-state index in [-0.39, 0.29) is 21.7 Å². The highest BCUT2D eigenvalue weighted by Gasteiger charge is 2.30. The van der Waals surface area contributed by atoms with Gasteiger partial charge in [-0.1, -0.05) is 47.8 Å². The molecule has 1 aromatic heterocycles. The molecule has 0 aliphatic heterocycles. The first-order chi connectivity index (χ1) is 9.90. The topological polar surface area (TPSA) is 50.2 Å². The Labute approximate surface area is 132 Å². The van der Waals surface area contributed by atoms with Crippen molar-refractivity contribution in [2.24, 2.45) is 0 Å². The van der Waals surface area contributed by atoms with E-state index in [1.165, 1.54) is 5.56 Å². The number of halogens is 2. The molecule has 1 aromatic carbocycles. The number of nitrogens with zero attached hydrogens (tertiary/aromatic N) is 1. The summed E-state index contributed by atoms with van der Waals surface area (Å²) in [5.41, 5.74) is 4.65. The van der Waals surface area contributed by atoms with E-state index < -0.39 is 5.97 Å². The van der Waals surface area contributed by atoms with Gasteiger partial charge in [-0.05, 0) is 30.9 Å². The fourth-order valence-corrected chi connectivity index (χ4v) is 3.66. The highest BCUT2D eigenvalue weighted by molar-refractivity contribution is 6.39. The fraction of sp³-hybridized carbons (Fsp3) is 0.250. The third-order valence-electron chi connectivity index (χ3n) is 3.88. The Morgan fingerprint density at radius 2 is 2.10 bits per heavy atom. The summed E-state index contributed by atoms with van der Waals surface area (Å²) in [6.45, 7) is 4.03. The maximum atomic E-state index is 11.3. The molecular weight excluding hydrogens is 309 g/mol. The number of rotatable bonds is 1. The molecule has 0 saturated carbocycles. The lowest BCUT2D eigenvalue weighted by Crippen LogP contribution is -2.14. The molecule has 0 saturated heterocycles. The molecule has 0 amide bonds. The zero-order valence-electron chi connectivity index (χ0n) is 11.6. The van der Waals surface area contributed by atoms with Crippen molar-refractivity contribution in [1.82, 2.24) is 4.98 Å². The fourth-order valence-electron chi connectivity index (χ4n) is 2.90. The van der Waals surface area contributed by atoms with Crippen LogP contribution in [0.2, 0.25) is 10.2 Å². The van der Waals surface area contributed by atoms with Gasteiger partial charge in [-0.25, -0.2) is 9.78 Å². The molecule has 1 N–H and O–H groups in total. The lowest BCUT2D eigenvalue weighted by atomic mass is 9.81. The number of hydrogen-bond donors (Lipinski definition) is 1. The van der Waals surface area contributed by atoms with Gasteiger partial charge in [-0.2, -0.15) is 0 Å². The summed E-state index contributed by atoms with van der Waals surface area (Å²) in [6, 6.07) is 6.18. The van der Waals surface area contributed by atoms with Crippen molar-refractivity contribution in [1.29, 1.82) is 0 Å². The Hall–Kier alpha value is -1.58. The molecule has 0 bridgehead atoms. The van der Waals surface area contributed by atoms with Crippen LogP contribution < -0.4 is 0 Å². The number of fused-ring (bicyclic) bond motifs is 3. The summed E-state index contributed by atoms with van der Waals surface area (Å²) in [6.07, 6.45) is 0.810. The number of aryl methyl sites for hydroxylation is 1. The van der Waals surface area contributed by atoms with Gasteiger partial charge in [0.05, 0.1) is 10.7 Å². The minimum absolute atomic E-state index is 0.0622. The molecular formula is C16H13Cl2NO2. The molecule has 3 rings (SSSR count). The average molecular weight is 322 g/mol. The predicted octanol–water partition coefficient (Wildman–Crippen LogP) is 4.72. The second-order valence-corrected chi connectivity index (χ2v) is 6.16. The molecule has 0 spiro atoms. The molecule has 0 fully saturated rings. The van der Waals surface area contributed by atoms with E-state index in [0.717, 1.165) is 23.1 Å². The highest BCUT2D eigenvalue weighted by Crippen LogP contribution is 2.44. The summed E-state index contributed by atoms with van der Waals surface area (Å²) >= 11 is 12.4. The van der Waals surface area contributed by atoms with Gasteiger partial charge in [0.25, 0.3) is 0 Å². The normalized spacial score (nSPS) is 16.3. The van der Waals surface area contributed by atoms with Gasteiger partial charge < -0.3 is 5.11 Å². The van der Waals surface area contributed by atoms with Gasteiger partial charge in [0.1, 0.15) is 10.7 Å². The Bertz CT molecular complexity index is 771. The maximum Gasteiger partial charge on any atom is 0.340 e. The molecule has 2 aromatic rings. The monoisotopic (exact) mass is 321 g/mol. The van der Waals surface area contributed by atoms with Gasteiger partial charge in [0, 0.05) is 11.1 Å². The standard InChI is InChI=1S/C16H13Cl2NO2/c1-7-3-4-9-6-8(2)11-13(17)12(16(20)21)15(18)19-14(11)10(9)5-7/h3-5,8H,6H2,1-2H3,(H,20,21).